The van der Waals surface area contributed by atoms with Crippen molar-refractivity contribution < 1.29 is 4.79 Å². The highest BCUT2D eigenvalue weighted by atomic mass is 35.5. The SMILES string of the molecule is CCCCc1nc2ccc(N(C)C(=O)NC3CCCCC3)cc2n1-c1ccc(-c2ccc(Cl)cc2C#N)c(C)c1. The maximum Gasteiger partial charge on any atom is 0.321 e. The maximum absolute atomic E-state index is 13.1. The Hall–Kier alpha value is -3.82. The first-order chi connectivity index (χ1) is 19.4. The van der Waals surface area contributed by atoms with Crippen LogP contribution in [0, 0.1) is 18.3 Å². The largest absolute Gasteiger partial charge is 0.335 e. The Morgan fingerprint density at radius 1 is 1.10 bits per heavy atom. The van der Waals surface area contributed by atoms with Gasteiger partial charge in [0.25, 0.3) is 0 Å². The summed E-state index contributed by atoms with van der Waals surface area (Å²) in [5.41, 5.74) is 7.19. The van der Waals surface area contributed by atoms with E-state index in [1.54, 1.807) is 11.0 Å². The average Bonchev–Trinajstić information content (AvgIpc) is 3.33. The van der Waals surface area contributed by atoms with Gasteiger partial charge in [0, 0.05) is 35.9 Å². The van der Waals surface area contributed by atoms with E-state index >= 15 is 0 Å². The normalized spacial score (nSPS) is 13.8. The van der Waals surface area contributed by atoms with Crippen LogP contribution >= 0.6 is 11.6 Å². The van der Waals surface area contributed by atoms with Gasteiger partial charge < -0.3 is 5.32 Å². The molecule has 6 nitrogen and oxygen atoms in total. The third-order valence-electron chi connectivity index (χ3n) is 7.95. The van der Waals surface area contributed by atoms with Gasteiger partial charge in [0.1, 0.15) is 5.82 Å². The van der Waals surface area contributed by atoms with Gasteiger partial charge in [0.05, 0.1) is 22.7 Å². The zero-order valence-electron chi connectivity index (χ0n) is 23.5. The van der Waals surface area contributed by atoms with E-state index in [4.69, 9.17) is 16.6 Å². The summed E-state index contributed by atoms with van der Waals surface area (Å²) in [5.74, 6) is 1.000. The number of hydrogen-bond acceptors (Lipinski definition) is 3. The molecule has 0 unspecified atom stereocenters. The van der Waals surface area contributed by atoms with Crippen molar-refractivity contribution in [3.05, 3.63) is 76.6 Å². The minimum absolute atomic E-state index is 0.0695. The van der Waals surface area contributed by atoms with E-state index in [1.807, 2.05) is 31.3 Å². The quantitative estimate of drug-likeness (QED) is 0.250. The Bertz CT molecular complexity index is 1580. The van der Waals surface area contributed by atoms with Gasteiger partial charge in [-0.05, 0) is 85.3 Å². The average molecular weight is 554 g/mol. The summed E-state index contributed by atoms with van der Waals surface area (Å²) in [4.78, 5) is 19.8. The van der Waals surface area contributed by atoms with Crippen molar-refractivity contribution >= 4 is 34.4 Å². The lowest BCUT2D eigenvalue weighted by molar-refractivity contribution is 0.239. The smallest absolute Gasteiger partial charge is 0.321 e. The van der Waals surface area contributed by atoms with Crippen LogP contribution in [0.2, 0.25) is 5.02 Å². The minimum Gasteiger partial charge on any atom is -0.335 e. The van der Waals surface area contributed by atoms with Crippen LogP contribution in [0.5, 0.6) is 0 Å². The van der Waals surface area contributed by atoms with Crippen LogP contribution in [0.25, 0.3) is 27.8 Å². The third-order valence-corrected chi connectivity index (χ3v) is 8.18. The number of nitrogens with zero attached hydrogens (tertiary/aromatic N) is 4. The summed E-state index contributed by atoms with van der Waals surface area (Å²) in [6, 6.07) is 20.2. The molecule has 4 aromatic rings. The summed E-state index contributed by atoms with van der Waals surface area (Å²) in [5, 5.41) is 13.5. The van der Waals surface area contributed by atoms with E-state index in [0.717, 1.165) is 77.0 Å². The molecule has 1 saturated carbocycles. The number of carbonyl (C=O) groups excluding carboxylic acids is 1. The highest BCUT2D eigenvalue weighted by molar-refractivity contribution is 6.30. The molecule has 7 heteroatoms. The molecule has 1 aromatic heterocycles. The number of nitrogens with one attached hydrogen (secondary N) is 1. The minimum atomic E-state index is -0.0695. The van der Waals surface area contributed by atoms with Crippen LogP contribution in [0.3, 0.4) is 0 Å². The molecule has 40 heavy (non-hydrogen) atoms. The second-order valence-electron chi connectivity index (χ2n) is 10.8. The second kappa shape index (κ2) is 12.1. The van der Waals surface area contributed by atoms with E-state index in [2.05, 4.69) is 54.1 Å². The van der Waals surface area contributed by atoms with E-state index in [9.17, 15) is 10.1 Å². The summed E-state index contributed by atoms with van der Waals surface area (Å²) < 4.78 is 2.21. The number of aromatic nitrogens is 2. The number of carbonyl (C=O) groups is 1. The number of anilines is 1. The number of imidazole rings is 1. The Labute approximate surface area is 241 Å². The van der Waals surface area contributed by atoms with Crippen molar-refractivity contribution in [2.24, 2.45) is 0 Å². The van der Waals surface area contributed by atoms with E-state index < -0.39 is 0 Å². The van der Waals surface area contributed by atoms with Crippen LogP contribution in [0.4, 0.5) is 10.5 Å². The predicted molar refractivity (Wildman–Crippen MR) is 163 cm³/mol. The second-order valence-corrected chi connectivity index (χ2v) is 11.2. The molecule has 1 aliphatic rings. The van der Waals surface area contributed by atoms with Gasteiger partial charge in [-0.2, -0.15) is 5.26 Å². The third kappa shape index (κ3) is 5.71. The van der Waals surface area contributed by atoms with Crippen molar-refractivity contribution in [3.63, 3.8) is 0 Å². The molecule has 0 bridgehead atoms. The molecule has 2 amide bonds. The monoisotopic (exact) mass is 553 g/mol. The molecule has 0 atom stereocenters. The number of aryl methyl sites for hydroxylation is 2. The Kier molecular flexibility index (Phi) is 8.42. The Balaban J connectivity index is 1.53. The molecular weight excluding hydrogens is 518 g/mol. The summed E-state index contributed by atoms with van der Waals surface area (Å²) >= 11 is 6.14. The molecule has 0 aliphatic heterocycles. The van der Waals surface area contributed by atoms with Crippen LogP contribution in [-0.4, -0.2) is 28.7 Å². The first-order valence-electron chi connectivity index (χ1n) is 14.3. The molecule has 5 rings (SSSR count). The molecule has 1 fully saturated rings. The molecular formula is C33H36ClN5O. The maximum atomic E-state index is 13.1. The number of halogens is 1. The number of unbranched alkanes of at least 4 members (excludes halogenated alkanes) is 1. The van der Waals surface area contributed by atoms with Gasteiger partial charge in [-0.3, -0.25) is 9.47 Å². The number of urea groups is 1. The molecule has 1 N–H and O–H groups in total. The topological polar surface area (TPSA) is 74.0 Å². The van der Waals surface area contributed by atoms with Gasteiger partial charge in [-0.1, -0.05) is 56.3 Å². The number of hydrogen-bond donors (Lipinski definition) is 1. The first-order valence-corrected chi connectivity index (χ1v) is 14.6. The molecule has 0 spiro atoms. The lowest BCUT2D eigenvalue weighted by atomic mass is 9.96. The predicted octanol–water partition coefficient (Wildman–Crippen LogP) is 8.35. The molecule has 1 aliphatic carbocycles. The van der Waals surface area contributed by atoms with Crippen molar-refractivity contribution in [2.45, 2.75) is 71.3 Å². The molecule has 1 heterocycles. The van der Waals surface area contributed by atoms with E-state index in [1.165, 1.54) is 19.3 Å². The fourth-order valence-electron chi connectivity index (χ4n) is 5.68. The first kappa shape index (κ1) is 27.7. The Morgan fingerprint density at radius 2 is 1.88 bits per heavy atom. The van der Waals surface area contributed by atoms with Crippen LogP contribution < -0.4 is 10.2 Å². The van der Waals surface area contributed by atoms with Crippen molar-refractivity contribution in [1.82, 2.24) is 14.9 Å². The zero-order valence-corrected chi connectivity index (χ0v) is 24.3. The van der Waals surface area contributed by atoms with Crippen molar-refractivity contribution in [3.8, 4) is 22.9 Å². The van der Waals surface area contributed by atoms with Gasteiger partial charge in [-0.15, -0.1) is 0 Å². The number of nitriles is 1. The molecule has 0 radical (unpaired) electrons. The van der Waals surface area contributed by atoms with Gasteiger partial charge in [0.15, 0.2) is 0 Å². The summed E-state index contributed by atoms with van der Waals surface area (Å²) in [6.07, 6.45) is 8.67. The van der Waals surface area contributed by atoms with Gasteiger partial charge >= 0.3 is 6.03 Å². The lowest BCUT2D eigenvalue weighted by Gasteiger charge is -2.26. The van der Waals surface area contributed by atoms with Crippen LogP contribution in [0.1, 0.15) is 68.8 Å². The highest BCUT2D eigenvalue weighted by Crippen LogP contribution is 2.33. The number of fused-ring (bicyclic) bond motifs is 1. The number of benzene rings is 3. The highest BCUT2D eigenvalue weighted by Gasteiger charge is 2.21. The van der Waals surface area contributed by atoms with E-state index in [0.29, 0.717) is 10.6 Å². The van der Waals surface area contributed by atoms with Crippen molar-refractivity contribution in [2.75, 3.05) is 11.9 Å². The Morgan fingerprint density at radius 3 is 2.60 bits per heavy atom. The van der Waals surface area contributed by atoms with E-state index in [-0.39, 0.29) is 12.1 Å². The standard InChI is InChI=1S/C33H36ClN5O/c1-4-5-11-32-37-30-17-14-26(38(3)33(40)36-25-9-7-6-8-10-25)20-31(30)39(32)27-13-16-28(22(2)18-27)29-15-12-24(34)19-23(29)21-35/h12-20,25H,4-11H2,1-3H3,(H,36,40). The lowest BCUT2D eigenvalue weighted by Crippen LogP contribution is -2.43. The van der Waals surface area contributed by atoms with Crippen LogP contribution in [0.15, 0.2) is 54.6 Å². The molecule has 206 valence electrons. The van der Waals surface area contributed by atoms with Crippen molar-refractivity contribution in [1.29, 1.82) is 5.26 Å². The van der Waals surface area contributed by atoms with Gasteiger partial charge in [0.2, 0.25) is 0 Å². The summed E-state index contributed by atoms with van der Waals surface area (Å²) in [7, 11) is 1.83. The summed E-state index contributed by atoms with van der Waals surface area (Å²) in [6.45, 7) is 4.25. The number of amides is 2. The van der Waals surface area contributed by atoms with Gasteiger partial charge in [-0.25, -0.2) is 9.78 Å². The molecule has 0 saturated heterocycles. The number of rotatable bonds is 7. The fourth-order valence-corrected chi connectivity index (χ4v) is 5.85. The fraction of sp³-hybridized carbons (Fsp3) is 0.364. The van der Waals surface area contributed by atoms with Crippen LogP contribution in [-0.2, 0) is 6.42 Å². The molecule has 3 aromatic carbocycles. The zero-order chi connectivity index (χ0) is 28.2.